The highest BCUT2D eigenvalue weighted by molar-refractivity contribution is 5.82. The second-order valence-corrected chi connectivity index (χ2v) is 16.6. The summed E-state index contributed by atoms with van der Waals surface area (Å²) in [4.78, 5) is 40.8. The predicted molar refractivity (Wildman–Crippen MR) is 236 cm³/mol. The summed E-state index contributed by atoms with van der Waals surface area (Å²) in [5.41, 5.74) is 0.792. The van der Waals surface area contributed by atoms with Gasteiger partial charge >= 0.3 is 12.1 Å². The maximum Gasteiger partial charge on any atom is 0.407 e. The fraction of sp³-hybridized carbons (Fsp3) is 0.809. The topological polar surface area (TPSA) is 170 Å². The number of carbonyl (C=O) groups excluding carboxylic acids is 3. The van der Waals surface area contributed by atoms with Crippen LogP contribution in [0.4, 0.5) is 9.59 Å². The Kier molecular flexibility index (Phi) is 30.7. The van der Waals surface area contributed by atoms with E-state index in [1.807, 2.05) is 30.3 Å². The monoisotopic (exact) mass is 833 g/mol. The van der Waals surface area contributed by atoms with Crippen LogP contribution in [0.1, 0.15) is 186 Å². The Morgan fingerprint density at radius 1 is 0.644 bits per heavy atom. The van der Waals surface area contributed by atoms with Gasteiger partial charge in [-0.15, -0.1) is 0 Å². The molecule has 59 heavy (non-hydrogen) atoms. The fourth-order valence-electron chi connectivity index (χ4n) is 7.77. The first kappa shape index (κ1) is 52.2. The van der Waals surface area contributed by atoms with Gasteiger partial charge in [0.2, 0.25) is 5.91 Å². The Balaban J connectivity index is 1.92. The second-order valence-electron chi connectivity index (χ2n) is 16.6. The van der Waals surface area contributed by atoms with Gasteiger partial charge < -0.3 is 40.7 Å². The zero-order valence-corrected chi connectivity index (χ0v) is 37.0. The maximum absolute atomic E-state index is 13.9. The molecule has 1 aromatic carbocycles. The molecule has 0 spiro atoms. The molecule has 12 nitrogen and oxygen atoms in total. The van der Waals surface area contributed by atoms with E-state index >= 15 is 0 Å². The van der Waals surface area contributed by atoms with Crippen molar-refractivity contribution in [1.29, 1.82) is 0 Å². The van der Waals surface area contributed by atoms with Crippen LogP contribution in [0.5, 0.6) is 0 Å². The number of aliphatic hydroxyl groups excluding tert-OH is 3. The van der Waals surface area contributed by atoms with Crippen LogP contribution < -0.4 is 16.0 Å². The molecule has 0 bridgehead atoms. The van der Waals surface area contributed by atoms with Crippen molar-refractivity contribution in [3.8, 4) is 0 Å². The van der Waals surface area contributed by atoms with Crippen LogP contribution in [0.15, 0.2) is 30.3 Å². The van der Waals surface area contributed by atoms with Gasteiger partial charge in [0.25, 0.3) is 0 Å². The zero-order chi connectivity index (χ0) is 42.8. The smallest absolute Gasteiger partial charge is 0.407 e. The van der Waals surface area contributed by atoms with E-state index in [0.717, 1.165) is 44.1 Å². The SMILES string of the molecule is CCCCCCCCCCCCCCCCCCN(C(=O)NCCCCCCCCCCCC)[C@@H]1O[C@H](CO)[C@H](O)[C@H](O)[C@H]1NC(=O)CNC(=O)OCc1ccccc1. The number of urea groups is 1. The average molecular weight is 833 g/mol. The number of amides is 4. The molecular formula is C47H84N4O8. The van der Waals surface area contributed by atoms with E-state index in [0.29, 0.717) is 19.5 Å². The summed E-state index contributed by atoms with van der Waals surface area (Å²) in [5, 5.41) is 40.2. The standard InChI is InChI=1S/C47H84N4O8/c1-3-5-7-9-11-13-15-16-17-18-19-20-22-24-26-31-35-51(46(56)48-34-30-25-23-21-14-12-10-8-6-4-2)45-42(44(55)43(54)40(37-52)59-45)50-41(53)36-49-47(57)58-38-39-32-28-27-29-33-39/h27-29,32-33,40,42-45,52,54-55H,3-26,30-31,34-38H2,1-2H3,(H,48,56)(H,49,57)(H,50,53)/t40-,42-,43+,44-,45-/m1/s1. The number of hydrogen-bond acceptors (Lipinski definition) is 8. The lowest BCUT2D eigenvalue weighted by Gasteiger charge is -2.46. The quantitative estimate of drug-likeness (QED) is 0.0368. The van der Waals surface area contributed by atoms with Crippen molar-refractivity contribution >= 4 is 18.0 Å². The highest BCUT2D eigenvalue weighted by atomic mass is 16.6. The summed E-state index contributed by atoms with van der Waals surface area (Å²) in [6.07, 6.45) is 25.2. The van der Waals surface area contributed by atoms with Gasteiger partial charge in [-0.2, -0.15) is 0 Å². The van der Waals surface area contributed by atoms with Gasteiger partial charge in [0.05, 0.1) is 6.61 Å². The van der Waals surface area contributed by atoms with Gasteiger partial charge in [-0.3, -0.25) is 9.69 Å². The van der Waals surface area contributed by atoms with Gasteiger partial charge in [-0.1, -0.05) is 198 Å². The summed E-state index contributed by atoms with van der Waals surface area (Å²) in [6.45, 7) is 4.23. The van der Waals surface area contributed by atoms with Gasteiger partial charge in [-0.05, 0) is 18.4 Å². The lowest BCUT2D eigenvalue weighted by molar-refractivity contribution is -0.224. The third-order valence-corrected chi connectivity index (χ3v) is 11.5. The average Bonchev–Trinajstić information content (AvgIpc) is 3.24. The van der Waals surface area contributed by atoms with E-state index in [2.05, 4.69) is 29.8 Å². The molecule has 0 radical (unpaired) electrons. The van der Waals surface area contributed by atoms with Crippen molar-refractivity contribution in [3.63, 3.8) is 0 Å². The first-order valence-electron chi connectivity index (χ1n) is 23.7. The summed E-state index contributed by atoms with van der Waals surface area (Å²) >= 11 is 0. The molecule has 0 unspecified atom stereocenters. The van der Waals surface area contributed by atoms with Gasteiger partial charge in [0.1, 0.15) is 37.5 Å². The molecule has 12 heteroatoms. The molecule has 0 saturated carbocycles. The largest absolute Gasteiger partial charge is 0.445 e. The van der Waals surface area contributed by atoms with E-state index in [1.165, 1.54) is 127 Å². The first-order chi connectivity index (χ1) is 28.8. The summed E-state index contributed by atoms with van der Waals surface area (Å²) < 4.78 is 11.3. The van der Waals surface area contributed by atoms with E-state index in [1.54, 1.807) is 0 Å². The van der Waals surface area contributed by atoms with Crippen molar-refractivity contribution in [3.05, 3.63) is 35.9 Å². The molecule has 1 heterocycles. The van der Waals surface area contributed by atoms with Crippen LogP contribution in [-0.2, 0) is 20.9 Å². The third kappa shape index (κ3) is 24.2. The van der Waals surface area contributed by atoms with E-state index in [9.17, 15) is 29.7 Å². The molecule has 2 rings (SSSR count). The van der Waals surface area contributed by atoms with Crippen LogP contribution in [0.2, 0.25) is 0 Å². The molecular weight excluding hydrogens is 749 g/mol. The Morgan fingerprint density at radius 2 is 1.12 bits per heavy atom. The molecule has 340 valence electrons. The fourth-order valence-corrected chi connectivity index (χ4v) is 7.77. The van der Waals surface area contributed by atoms with Crippen LogP contribution >= 0.6 is 0 Å². The number of carbonyl (C=O) groups is 3. The predicted octanol–water partition coefficient (Wildman–Crippen LogP) is 9.03. The number of nitrogens with one attached hydrogen (secondary N) is 3. The minimum absolute atomic E-state index is 0.0306. The molecule has 6 N–H and O–H groups in total. The van der Waals surface area contributed by atoms with Gasteiger partial charge in [0, 0.05) is 13.1 Å². The first-order valence-corrected chi connectivity index (χ1v) is 23.7. The summed E-state index contributed by atoms with van der Waals surface area (Å²) in [5.74, 6) is -0.665. The Bertz CT molecular complexity index is 1190. The highest BCUT2D eigenvalue weighted by Crippen LogP contribution is 2.25. The molecule has 1 aromatic rings. The summed E-state index contributed by atoms with van der Waals surface area (Å²) in [6, 6.07) is 7.52. The molecule has 5 atom stereocenters. The van der Waals surface area contributed by atoms with E-state index in [4.69, 9.17) is 9.47 Å². The molecule has 0 aliphatic carbocycles. The number of nitrogens with zero attached hydrogens (tertiary/aromatic N) is 1. The van der Waals surface area contributed by atoms with Crippen molar-refractivity contribution < 1.29 is 39.2 Å². The van der Waals surface area contributed by atoms with Gasteiger partial charge in [0.15, 0.2) is 6.23 Å². The number of hydrogen-bond donors (Lipinski definition) is 6. The van der Waals surface area contributed by atoms with Crippen LogP contribution in [0, 0.1) is 0 Å². The lowest BCUT2D eigenvalue weighted by atomic mass is 9.95. The van der Waals surface area contributed by atoms with Crippen molar-refractivity contribution in [2.45, 2.75) is 218 Å². The summed E-state index contributed by atoms with van der Waals surface area (Å²) in [7, 11) is 0. The normalized spacial score (nSPS) is 19.0. The van der Waals surface area contributed by atoms with Crippen molar-refractivity contribution in [2.75, 3.05) is 26.2 Å². The Morgan fingerprint density at radius 3 is 1.61 bits per heavy atom. The zero-order valence-electron chi connectivity index (χ0n) is 37.0. The van der Waals surface area contributed by atoms with E-state index in [-0.39, 0.29) is 6.61 Å². The van der Waals surface area contributed by atoms with Crippen LogP contribution in [0.3, 0.4) is 0 Å². The third-order valence-electron chi connectivity index (χ3n) is 11.5. The molecule has 1 aliphatic heterocycles. The molecule has 1 fully saturated rings. The highest BCUT2D eigenvalue weighted by Gasteiger charge is 2.48. The number of benzene rings is 1. The minimum atomic E-state index is -1.55. The Labute approximate surface area is 357 Å². The van der Waals surface area contributed by atoms with Crippen molar-refractivity contribution in [2.24, 2.45) is 0 Å². The van der Waals surface area contributed by atoms with Crippen LogP contribution in [0.25, 0.3) is 0 Å². The maximum atomic E-state index is 13.9. The molecule has 1 saturated heterocycles. The van der Waals surface area contributed by atoms with Crippen LogP contribution in [-0.4, -0.2) is 95.1 Å². The Hall–Kier alpha value is -2.93. The number of ether oxygens (including phenoxy) is 2. The number of rotatable bonds is 35. The molecule has 0 aromatic heterocycles. The van der Waals surface area contributed by atoms with Crippen molar-refractivity contribution in [1.82, 2.24) is 20.9 Å². The second kappa shape index (κ2) is 34.7. The number of aliphatic hydroxyl groups is 3. The van der Waals surface area contributed by atoms with Gasteiger partial charge in [-0.25, -0.2) is 9.59 Å². The van der Waals surface area contributed by atoms with E-state index < -0.39 is 61.8 Å². The molecule has 4 amide bonds. The number of alkyl carbamates (subject to hydrolysis) is 1. The number of unbranched alkanes of at least 4 members (excludes halogenated alkanes) is 24. The molecule has 1 aliphatic rings. The minimum Gasteiger partial charge on any atom is -0.445 e. The lowest BCUT2D eigenvalue weighted by Crippen LogP contribution is -2.70.